The molecule has 46 valence electrons. The van der Waals surface area contributed by atoms with E-state index in [2.05, 4.69) is 0 Å². The fraction of sp³-hybridized carbons (Fsp3) is 0.167. The van der Waals surface area contributed by atoms with Crippen molar-refractivity contribution in [3.63, 3.8) is 0 Å². The third-order valence-electron chi connectivity index (χ3n) is 1.35. The second kappa shape index (κ2) is 2.11. The molecule has 0 amide bonds. The van der Waals surface area contributed by atoms with Crippen LogP contribution in [0.1, 0.15) is 21.7 Å². The van der Waals surface area contributed by atoms with Crippen LogP contribution in [0.25, 0.3) is 0 Å². The number of hydrogen-bond donors (Lipinski definition) is 0. The van der Waals surface area contributed by atoms with E-state index in [9.17, 15) is 4.79 Å². The van der Waals surface area contributed by atoms with Gasteiger partial charge in [-0.25, -0.2) is 0 Å². The monoisotopic (exact) mass is 206 g/mol. The number of carbonyl (C=O) groups is 1. The van der Waals surface area contributed by atoms with E-state index < -0.39 is 0 Å². The van der Waals surface area contributed by atoms with Crippen molar-refractivity contribution >= 4 is 6.29 Å². The molecule has 0 spiro atoms. The minimum absolute atomic E-state index is 0. The molecule has 2 rings (SSSR count). The molecule has 0 saturated heterocycles. The van der Waals surface area contributed by atoms with Crippen molar-refractivity contribution in [2.75, 3.05) is 0 Å². The standard InChI is InChI=1S/C6H4O2.Mo/c7-2-4-3-8-6-1-5(4)6;/h2-3H,1H2;. The Morgan fingerprint density at radius 3 is 2.67 bits per heavy atom. The Hall–Kier alpha value is -0.362. The van der Waals surface area contributed by atoms with Gasteiger partial charge in [-0.05, 0) is 0 Å². The first kappa shape index (κ1) is 6.75. The first-order chi connectivity index (χ1) is 3.92. The summed E-state index contributed by atoms with van der Waals surface area (Å²) in [5.41, 5.74) is 1.82. The second-order valence-electron chi connectivity index (χ2n) is 1.89. The maximum atomic E-state index is 10.1. The van der Waals surface area contributed by atoms with Crippen molar-refractivity contribution in [1.82, 2.24) is 0 Å². The van der Waals surface area contributed by atoms with Gasteiger partial charge in [-0.1, -0.05) is 0 Å². The van der Waals surface area contributed by atoms with Crippen LogP contribution in [-0.2, 0) is 27.5 Å². The van der Waals surface area contributed by atoms with E-state index in [0.717, 1.165) is 29.6 Å². The normalized spacial score (nSPS) is 11.6. The Morgan fingerprint density at radius 1 is 1.67 bits per heavy atom. The van der Waals surface area contributed by atoms with Crippen molar-refractivity contribution in [2.45, 2.75) is 6.42 Å². The molecule has 0 aliphatic heterocycles. The molecular weight excluding hydrogens is 200 g/mol. The SMILES string of the molecule is O=Cc1coc2c1C2.[Mo]. The molecule has 1 aromatic rings. The molecule has 0 aromatic carbocycles. The molecule has 0 bridgehead atoms. The largest absolute Gasteiger partial charge is 0.468 e. The number of furan rings is 1. The van der Waals surface area contributed by atoms with Crippen molar-refractivity contribution in [2.24, 2.45) is 0 Å². The predicted octanol–water partition coefficient (Wildman–Crippen LogP) is 0.994. The Balaban J connectivity index is 0.000000405. The number of rotatable bonds is 1. The Bertz CT molecular complexity index is 239. The summed E-state index contributed by atoms with van der Waals surface area (Å²) in [4.78, 5) is 10.1. The summed E-state index contributed by atoms with van der Waals surface area (Å²) >= 11 is 0. The molecule has 0 unspecified atom stereocenters. The summed E-state index contributed by atoms with van der Waals surface area (Å²) in [6.07, 6.45) is 3.22. The van der Waals surface area contributed by atoms with E-state index in [-0.39, 0.29) is 21.1 Å². The van der Waals surface area contributed by atoms with Crippen LogP contribution in [0.15, 0.2) is 10.7 Å². The van der Waals surface area contributed by atoms with E-state index in [4.69, 9.17) is 4.42 Å². The third-order valence-corrected chi connectivity index (χ3v) is 1.35. The van der Waals surface area contributed by atoms with Crippen LogP contribution >= 0.6 is 0 Å². The van der Waals surface area contributed by atoms with Crippen molar-refractivity contribution in [1.29, 1.82) is 0 Å². The van der Waals surface area contributed by atoms with Gasteiger partial charge in [-0.2, -0.15) is 0 Å². The Kier molecular flexibility index (Phi) is 1.58. The number of fused-ring (bicyclic) bond motifs is 1. The zero-order valence-electron chi connectivity index (χ0n) is 4.59. The molecule has 0 radical (unpaired) electrons. The van der Waals surface area contributed by atoms with Crippen molar-refractivity contribution in [3.8, 4) is 0 Å². The van der Waals surface area contributed by atoms with Crippen LogP contribution in [0.2, 0.25) is 0 Å². The van der Waals surface area contributed by atoms with Gasteiger partial charge < -0.3 is 4.42 Å². The molecule has 2 nitrogen and oxygen atoms in total. The van der Waals surface area contributed by atoms with Gasteiger partial charge in [0, 0.05) is 33.0 Å². The van der Waals surface area contributed by atoms with Gasteiger partial charge in [0.25, 0.3) is 0 Å². The van der Waals surface area contributed by atoms with Crippen LogP contribution in [0, 0.1) is 0 Å². The molecule has 1 heterocycles. The summed E-state index contributed by atoms with van der Waals surface area (Å²) < 4.78 is 4.92. The first-order valence-corrected chi connectivity index (χ1v) is 2.46. The van der Waals surface area contributed by atoms with Gasteiger partial charge in [0.1, 0.15) is 12.0 Å². The molecule has 9 heavy (non-hydrogen) atoms. The maximum Gasteiger partial charge on any atom is 0.153 e. The van der Waals surface area contributed by atoms with Gasteiger partial charge in [-0.3, -0.25) is 4.79 Å². The number of carbonyl (C=O) groups excluding carboxylic acids is 1. The summed E-state index contributed by atoms with van der Waals surface area (Å²) in [6.45, 7) is 0. The van der Waals surface area contributed by atoms with Gasteiger partial charge in [0.2, 0.25) is 0 Å². The van der Waals surface area contributed by atoms with Gasteiger partial charge in [0.15, 0.2) is 6.29 Å². The summed E-state index contributed by atoms with van der Waals surface area (Å²) in [5, 5.41) is 0. The Labute approximate surface area is 66.5 Å². The second-order valence-corrected chi connectivity index (χ2v) is 1.89. The summed E-state index contributed by atoms with van der Waals surface area (Å²) in [5.74, 6) is 0.979. The fourth-order valence-corrected chi connectivity index (χ4v) is 0.797. The molecule has 1 aromatic heterocycles. The zero-order chi connectivity index (χ0) is 5.56. The van der Waals surface area contributed by atoms with Crippen LogP contribution in [0.5, 0.6) is 0 Å². The Morgan fingerprint density at radius 2 is 2.44 bits per heavy atom. The average molecular weight is 204 g/mol. The molecular formula is C6H4MoO2. The fourth-order valence-electron chi connectivity index (χ4n) is 0.797. The molecule has 1 aliphatic rings. The maximum absolute atomic E-state index is 10.1. The van der Waals surface area contributed by atoms with E-state index >= 15 is 0 Å². The number of aldehydes is 1. The minimum atomic E-state index is 0. The molecule has 3 heteroatoms. The molecule has 1 aliphatic carbocycles. The molecule has 0 N–H and O–H groups in total. The first-order valence-electron chi connectivity index (χ1n) is 2.46. The van der Waals surface area contributed by atoms with Crippen molar-refractivity contribution < 1.29 is 30.3 Å². The number of hydrogen-bond acceptors (Lipinski definition) is 2. The molecule has 0 fully saturated rings. The summed E-state index contributed by atoms with van der Waals surface area (Å²) in [7, 11) is 0. The van der Waals surface area contributed by atoms with Crippen LogP contribution in [0.3, 0.4) is 0 Å². The topological polar surface area (TPSA) is 30.2 Å². The van der Waals surface area contributed by atoms with Gasteiger partial charge in [-0.15, -0.1) is 0 Å². The van der Waals surface area contributed by atoms with E-state index in [1.165, 1.54) is 6.26 Å². The summed E-state index contributed by atoms with van der Waals surface area (Å²) in [6, 6.07) is 0. The van der Waals surface area contributed by atoms with E-state index in [0.29, 0.717) is 0 Å². The third kappa shape index (κ3) is 0.877. The minimum Gasteiger partial charge on any atom is -0.468 e. The smallest absolute Gasteiger partial charge is 0.153 e. The predicted molar refractivity (Wildman–Crippen MR) is 26.9 cm³/mol. The van der Waals surface area contributed by atoms with E-state index in [1.807, 2.05) is 0 Å². The molecule has 0 atom stereocenters. The van der Waals surface area contributed by atoms with Crippen LogP contribution < -0.4 is 0 Å². The van der Waals surface area contributed by atoms with Crippen LogP contribution in [-0.4, -0.2) is 6.29 Å². The van der Waals surface area contributed by atoms with E-state index in [1.54, 1.807) is 0 Å². The van der Waals surface area contributed by atoms with Crippen LogP contribution in [0.4, 0.5) is 0 Å². The zero-order valence-corrected chi connectivity index (χ0v) is 6.59. The van der Waals surface area contributed by atoms with Gasteiger partial charge >= 0.3 is 0 Å². The van der Waals surface area contributed by atoms with Crippen molar-refractivity contribution in [3.05, 3.63) is 23.2 Å². The molecule has 0 saturated carbocycles. The quantitative estimate of drug-likeness (QED) is 0.512. The van der Waals surface area contributed by atoms with Gasteiger partial charge in [0.05, 0.1) is 5.56 Å². The average Bonchev–Trinajstić information content (AvgIpc) is 2.46.